The highest BCUT2D eigenvalue weighted by molar-refractivity contribution is 7.54. The highest BCUT2D eigenvalue weighted by Gasteiger charge is 2.25. The van der Waals surface area contributed by atoms with Gasteiger partial charge in [-0.25, -0.2) is 0 Å². The summed E-state index contributed by atoms with van der Waals surface area (Å²) in [5.41, 5.74) is 0. The second-order valence-electron chi connectivity index (χ2n) is 2.64. The molecule has 0 spiro atoms. The highest BCUT2D eigenvalue weighted by atomic mass is 31.2. The fourth-order valence-corrected chi connectivity index (χ4v) is 2.20. The summed E-state index contributed by atoms with van der Waals surface area (Å²) in [5.74, 6) is -0.235. The van der Waals surface area contributed by atoms with Crippen LogP contribution < -0.4 is 0 Å². The fourth-order valence-electron chi connectivity index (χ4n) is 0.734. The molecule has 0 bridgehead atoms. The third-order valence-corrected chi connectivity index (χ3v) is 3.11. The molecule has 14 heavy (non-hydrogen) atoms. The Kier molecular flexibility index (Phi) is 6.37. The van der Waals surface area contributed by atoms with Crippen molar-refractivity contribution >= 4 is 13.4 Å². The third-order valence-electron chi connectivity index (χ3n) is 1.19. The van der Waals surface area contributed by atoms with Crippen LogP contribution >= 0.6 is 7.60 Å². The first-order chi connectivity index (χ1) is 6.54. The van der Waals surface area contributed by atoms with Crippen LogP contribution in [0.5, 0.6) is 0 Å². The summed E-state index contributed by atoms with van der Waals surface area (Å²) in [4.78, 5) is 10.8. The average Bonchev–Trinajstić information content (AvgIpc) is 2.11. The molecule has 0 amide bonds. The molecule has 0 aromatic rings. The average molecular weight is 218 g/mol. The van der Waals surface area contributed by atoms with Gasteiger partial charge < -0.3 is 9.05 Å². The molecule has 5 heteroatoms. The van der Waals surface area contributed by atoms with Gasteiger partial charge in [-0.1, -0.05) is 12.2 Å². The summed E-state index contributed by atoms with van der Waals surface area (Å²) in [5, 5.41) is 0. The van der Waals surface area contributed by atoms with Crippen molar-refractivity contribution in [2.24, 2.45) is 0 Å². The lowest BCUT2D eigenvalue weighted by molar-refractivity contribution is -0.114. The molecule has 0 aliphatic heterocycles. The molecule has 0 saturated carbocycles. The minimum Gasteiger partial charge on any atom is -0.304 e. The van der Waals surface area contributed by atoms with Gasteiger partial charge in [0.2, 0.25) is 0 Å². The topological polar surface area (TPSA) is 52.6 Å². The number of carbonyl (C=O) groups excluding carboxylic acids is 1. The summed E-state index contributed by atoms with van der Waals surface area (Å²) in [7, 11) is -3.30. The minimum atomic E-state index is -3.30. The van der Waals surface area contributed by atoms with E-state index in [2.05, 4.69) is 13.2 Å². The van der Waals surface area contributed by atoms with Crippen molar-refractivity contribution in [1.82, 2.24) is 0 Å². The molecule has 0 N–H and O–H groups in total. The van der Waals surface area contributed by atoms with E-state index in [0.717, 1.165) is 0 Å². The van der Waals surface area contributed by atoms with E-state index in [1.165, 1.54) is 19.1 Å². The highest BCUT2D eigenvalue weighted by Crippen LogP contribution is 2.47. The van der Waals surface area contributed by atoms with Crippen LogP contribution in [-0.2, 0) is 18.4 Å². The van der Waals surface area contributed by atoms with Gasteiger partial charge in [0, 0.05) is 0 Å². The molecule has 4 nitrogen and oxygen atoms in total. The molecule has 0 aliphatic carbocycles. The maximum absolute atomic E-state index is 11.8. The summed E-state index contributed by atoms with van der Waals surface area (Å²) in [6.45, 7) is 8.37. The van der Waals surface area contributed by atoms with Gasteiger partial charge in [0.15, 0.2) is 0 Å². The first kappa shape index (κ1) is 13.3. The first-order valence-corrected chi connectivity index (χ1v) is 5.86. The monoisotopic (exact) mass is 218 g/mol. The molecular weight excluding hydrogens is 203 g/mol. The molecule has 0 aromatic carbocycles. The molecule has 0 rings (SSSR count). The van der Waals surface area contributed by atoms with Crippen molar-refractivity contribution in [3.63, 3.8) is 0 Å². The van der Waals surface area contributed by atoms with E-state index >= 15 is 0 Å². The Labute approximate surface area is 84.1 Å². The maximum Gasteiger partial charge on any atom is 0.338 e. The van der Waals surface area contributed by atoms with Gasteiger partial charge in [0.25, 0.3) is 0 Å². The quantitative estimate of drug-likeness (QED) is 0.462. The summed E-state index contributed by atoms with van der Waals surface area (Å²) in [6.07, 6.45) is 2.68. The Morgan fingerprint density at radius 2 is 1.71 bits per heavy atom. The molecule has 80 valence electrons. The number of rotatable bonds is 8. The van der Waals surface area contributed by atoms with Gasteiger partial charge in [-0.3, -0.25) is 9.36 Å². The third kappa shape index (κ3) is 5.86. The van der Waals surface area contributed by atoms with Crippen LogP contribution in [0.1, 0.15) is 6.92 Å². The SMILES string of the molecule is C=CCOP(=O)(CC(C)=O)OCC=C. The van der Waals surface area contributed by atoms with E-state index in [1.807, 2.05) is 0 Å². The van der Waals surface area contributed by atoms with Gasteiger partial charge in [0.05, 0.1) is 13.2 Å². The Balaban J connectivity index is 4.31. The van der Waals surface area contributed by atoms with E-state index in [-0.39, 0.29) is 25.2 Å². The van der Waals surface area contributed by atoms with E-state index < -0.39 is 7.60 Å². The van der Waals surface area contributed by atoms with Crippen molar-refractivity contribution in [1.29, 1.82) is 0 Å². The number of hydrogen-bond donors (Lipinski definition) is 0. The Bertz CT molecular complexity index is 244. The van der Waals surface area contributed by atoms with Crippen LogP contribution in [0.25, 0.3) is 0 Å². The fraction of sp³-hybridized carbons (Fsp3) is 0.444. The van der Waals surface area contributed by atoms with Gasteiger partial charge in [-0.2, -0.15) is 0 Å². The summed E-state index contributed by atoms with van der Waals surface area (Å²) < 4.78 is 21.7. The molecule has 0 saturated heterocycles. The van der Waals surface area contributed by atoms with E-state index in [4.69, 9.17) is 9.05 Å². The second kappa shape index (κ2) is 6.71. The minimum absolute atomic E-state index is 0.0989. The standard InChI is InChI=1S/C9H15O4P/c1-4-6-12-14(11,8-9(3)10)13-7-5-2/h4-5H,1-2,6-8H2,3H3. The lowest BCUT2D eigenvalue weighted by Gasteiger charge is -2.15. The number of ketones is 1. The normalized spacial score (nSPS) is 10.9. The molecule has 0 radical (unpaired) electrons. The predicted octanol–water partition coefficient (Wildman–Crippen LogP) is 2.17. The van der Waals surface area contributed by atoms with Gasteiger partial charge in [0.1, 0.15) is 11.9 Å². The zero-order valence-corrected chi connectivity index (χ0v) is 9.16. The second-order valence-corrected chi connectivity index (χ2v) is 4.69. The molecule has 0 aliphatic rings. The molecule has 0 aromatic heterocycles. The van der Waals surface area contributed by atoms with E-state index in [0.29, 0.717) is 0 Å². The largest absolute Gasteiger partial charge is 0.338 e. The summed E-state index contributed by atoms with van der Waals surface area (Å²) in [6, 6.07) is 0. The van der Waals surface area contributed by atoms with Gasteiger partial charge in [-0.15, -0.1) is 13.2 Å². The zero-order valence-electron chi connectivity index (χ0n) is 8.27. The Morgan fingerprint density at radius 1 is 1.29 bits per heavy atom. The Hall–Kier alpha value is -0.700. The van der Waals surface area contributed by atoms with Crippen molar-refractivity contribution in [2.75, 3.05) is 19.4 Å². The van der Waals surface area contributed by atoms with E-state index in [9.17, 15) is 9.36 Å². The maximum atomic E-state index is 11.8. The molecule has 0 fully saturated rings. The van der Waals surface area contributed by atoms with Crippen LogP contribution in [0.2, 0.25) is 0 Å². The molecule has 0 unspecified atom stereocenters. The first-order valence-electron chi connectivity index (χ1n) is 4.13. The number of hydrogen-bond acceptors (Lipinski definition) is 4. The van der Waals surface area contributed by atoms with Crippen LogP contribution in [0.15, 0.2) is 25.3 Å². The predicted molar refractivity (Wildman–Crippen MR) is 55.5 cm³/mol. The van der Waals surface area contributed by atoms with Crippen LogP contribution in [-0.4, -0.2) is 25.2 Å². The van der Waals surface area contributed by atoms with Crippen LogP contribution in [0, 0.1) is 0 Å². The summed E-state index contributed by atoms with van der Waals surface area (Å²) >= 11 is 0. The lowest BCUT2D eigenvalue weighted by atomic mass is 10.5. The van der Waals surface area contributed by atoms with Crippen LogP contribution in [0.4, 0.5) is 0 Å². The van der Waals surface area contributed by atoms with Crippen molar-refractivity contribution in [3.05, 3.63) is 25.3 Å². The van der Waals surface area contributed by atoms with E-state index in [1.54, 1.807) is 0 Å². The smallest absolute Gasteiger partial charge is 0.304 e. The van der Waals surface area contributed by atoms with Crippen molar-refractivity contribution in [3.8, 4) is 0 Å². The van der Waals surface area contributed by atoms with Gasteiger partial charge >= 0.3 is 7.60 Å². The molecular formula is C9H15O4P. The van der Waals surface area contributed by atoms with Crippen LogP contribution in [0.3, 0.4) is 0 Å². The number of carbonyl (C=O) groups is 1. The molecule has 0 heterocycles. The Morgan fingerprint density at radius 3 is 2.00 bits per heavy atom. The van der Waals surface area contributed by atoms with Crippen molar-refractivity contribution < 1.29 is 18.4 Å². The number of Topliss-reactive ketones (excluding diaryl/α,β-unsaturated/α-hetero) is 1. The van der Waals surface area contributed by atoms with Crippen molar-refractivity contribution in [2.45, 2.75) is 6.92 Å². The van der Waals surface area contributed by atoms with Gasteiger partial charge in [-0.05, 0) is 6.92 Å². The lowest BCUT2D eigenvalue weighted by Crippen LogP contribution is -2.06. The zero-order chi connectivity index (χ0) is 11.0. The molecule has 0 atom stereocenters.